The molecule has 0 aromatic heterocycles. The Bertz CT molecular complexity index is 809. The van der Waals surface area contributed by atoms with E-state index in [-0.39, 0.29) is 23.7 Å². The summed E-state index contributed by atoms with van der Waals surface area (Å²) in [4.78, 5) is 19.4. The third-order valence-electron chi connectivity index (χ3n) is 6.14. The first-order valence-corrected chi connectivity index (χ1v) is 13.1. The molecule has 162 valence electrons. The van der Waals surface area contributed by atoms with Crippen LogP contribution >= 0.6 is 15.9 Å². The van der Waals surface area contributed by atoms with Gasteiger partial charge in [0.1, 0.15) is 0 Å². The lowest BCUT2D eigenvalue weighted by atomic mass is 10.1. The van der Waals surface area contributed by atoms with E-state index in [2.05, 4.69) is 45.6 Å². The van der Waals surface area contributed by atoms with Crippen molar-refractivity contribution in [2.24, 2.45) is 0 Å². The van der Waals surface area contributed by atoms with Crippen molar-refractivity contribution in [3.05, 3.63) is 34.3 Å². The fraction of sp³-hybridized carbons (Fsp3) is 0.667. The molecule has 2 heterocycles. The minimum Gasteiger partial charge on any atom is -0.339 e. The molecule has 3 rings (SSSR count). The number of piperazine rings is 1. The Morgan fingerprint density at radius 2 is 1.93 bits per heavy atom. The molecule has 1 amide bonds. The van der Waals surface area contributed by atoms with Crippen LogP contribution in [0.1, 0.15) is 38.3 Å². The zero-order valence-corrected chi connectivity index (χ0v) is 19.8. The van der Waals surface area contributed by atoms with Gasteiger partial charge in [0.05, 0.1) is 18.1 Å². The molecule has 0 bridgehead atoms. The van der Waals surface area contributed by atoms with Crippen molar-refractivity contribution in [2.75, 3.05) is 50.8 Å². The lowest BCUT2D eigenvalue weighted by Crippen LogP contribution is -2.54. The average Bonchev–Trinajstić information content (AvgIpc) is 3.07. The molecular weight excluding hydrogens is 454 g/mol. The van der Waals surface area contributed by atoms with Gasteiger partial charge in [-0.1, -0.05) is 41.1 Å². The summed E-state index contributed by atoms with van der Waals surface area (Å²) < 4.78 is 24.6. The molecule has 1 aromatic carbocycles. The van der Waals surface area contributed by atoms with Gasteiger partial charge in [0.15, 0.2) is 9.84 Å². The Morgan fingerprint density at radius 1 is 1.24 bits per heavy atom. The Hall–Kier alpha value is -0.960. The van der Waals surface area contributed by atoms with Crippen molar-refractivity contribution in [1.82, 2.24) is 14.7 Å². The van der Waals surface area contributed by atoms with E-state index in [4.69, 9.17) is 0 Å². The van der Waals surface area contributed by atoms with Gasteiger partial charge in [0.25, 0.3) is 0 Å². The van der Waals surface area contributed by atoms with Crippen LogP contribution in [-0.4, -0.2) is 85.8 Å². The summed E-state index contributed by atoms with van der Waals surface area (Å²) in [7, 11) is -2.87. The van der Waals surface area contributed by atoms with E-state index in [1.54, 1.807) is 0 Å². The van der Waals surface area contributed by atoms with Gasteiger partial charge in [-0.3, -0.25) is 14.6 Å². The maximum absolute atomic E-state index is 13.0. The van der Waals surface area contributed by atoms with Crippen molar-refractivity contribution in [3.8, 4) is 0 Å². The predicted molar refractivity (Wildman–Crippen MR) is 120 cm³/mol. The van der Waals surface area contributed by atoms with Crippen LogP contribution in [-0.2, 0) is 14.6 Å². The highest BCUT2D eigenvalue weighted by molar-refractivity contribution is 9.10. The number of hydrogen-bond donors (Lipinski definition) is 0. The molecule has 6 nitrogen and oxygen atoms in total. The quantitative estimate of drug-likeness (QED) is 0.593. The largest absolute Gasteiger partial charge is 0.339 e. The topological polar surface area (TPSA) is 60.9 Å². The first-order chi connectivity index (χ1) is 13.8. The highest BCUT2D eigenvalue weighted by Crippen LogP contribution is 2.28. The van der Waals surface area contributed by atoms with E-state index in [0.29, 0.717) is 25.4 Å². The van der Waals surface area contributed by atoms with Gasteiger partial charge in [-0.25, -0.2) is 8.42 Å². The van der Waals surface area contributed by atoms with Gasteiger partial charge >= 0.3 is 0 Å². The third kappa shape index (κ3) is 5.81. The molecule has 0 saturated carbocycles. The van der Waals surface area contributed by atoms with Gasteiger partial charge in [-0.2, -0.15) is 0 Å². The number of rotatable bonds is 7. The SMILES string of the molecule is CCCN(CC(=O)N1CCN(C2CCS(=O)(=O)C2)CC1)C(C)c1ccccc1Br. The van der Waals surface area contributed by atoms with Crippen molar-refractivity contribution in [2.45, 2.75) is 38.8 Å². The standard InChI is InChI=1S/C21H32BrN3O3S/c1-3-9-25(17(2)19-6-4-5-7-20(19)22)15-21(26)24-12-10-23(11-13-24)18-8-14-29(27,28)16-18/h4-7,17-18H,3,8-16H2,1-2H3. The number of amides is 1. The molecule has 2 aliphatic heterocycles. The minimum absolute atomic E-state index is 0.129. The number of benzene rings is 1. The van der Waals surface area contributed by atoms with E-state index in [9.17, 15) is 13.2 Å². The van der Waals surface area contributed by atoms with Crippen LogP contribution in [0.3, 0.4) is 0 Å². The number of nitrogens with zero attached hydrogens (tertiary/aromatic N) is 3. The molecule has 0 N–H and O–H groups in total. The van der Waals surface area contributed by atoms with Crippen LogP contribution in [0.5, 0.6) is 0 Å². The molecule has 1 aromatic rings. The molecule has 0 aliphatic carbocycles. The highest BCUT2D eigenvalue weighted by atomic mass is 79.9. The van der Waals surface area contributed by atoms with Crippen LogP contribution in [0.25, 0.3) is 0 Å². The van der Waals surface area contributed by atoms with E-state index < -0.39 is 9.84 Å². The molecule has 2 unspecified atom stereocenters. The first kappa shape index (κ1) is 22.7. The summed E-state index contributed by atoms with van der Waals surface area (Å²) in [5.41, 5.74) is 1.20. The van der Waals surface area contributed by atoms with Gasteiger partial charge in [0.2, 0.25) is 5.91 Å². The second kappa shape index (κ2) is 9.90. The van der Waals surface area contributed by atoms with Crippen molar-refractivity contribution in [3.63, 3.8) is 0 Å². The molecule has 0 radical (unpaired) electrons. The zero-order chi connectivity index (χ0) is 21.0. The molecule has 0 spiro atoms. The molecular formula is C21H32BrN3O3S. The number of carbonyl (C=O) groups is 1. The smallest absolute Gasteiger partial charge is 0.236 e. The summed E-state index contributed by atoms with van der Waals surface area (Å²) in [6.07, 6.45) is 1.72. The lowest BCUT2D eigenvalue weighted by molar-refractivity contribution is -0.135. The van der Waals surface area contributed by atoms with Crippen molar-refractivity contribution >= 4 is 31.7 Å². The summed E-state index contributed by atoms with van der Waals surface area (Å²) in [6, 6.07) is 8.47. The minimum atomic E-state index is -2.87. The number of halogens is 1. The molecule has 2 atom stereocenters. The van der Waals surface area contributed by atoms with E-state index >= 15 is 0 Å². The number of sulfone groups is 1. The normalized spacial score (nSPS) is 23.4. The van der Waals surface area contributed by atoms with E-state index in [1.807, 2.05) is 23.1 Å². The maximum Gasteiger partial charge on any atom is 0.236 e. The second-order valence-corrected chi connectivity index (χ2v) is 11.2. The summed E-state index contributed by atoms with van der Waals surface area (Å²) in [6.45, 7) is 8.46. The highest BCUT2D eigenvalue weighted by Gasteiger charge is 2.34. The van der Waals surface area contributed by atoms with Gasteiger partial charge in [-0.15, -0.1) is 0 Å². The summed E-state index contributed by atoms with van der Waals surface area (Å²) in [5, 5.41) is 0. The number of carbonyl (C=O) groups excluding carboxylic acids is 1. The molecule has 29 heavy (non-hydrogen) atoms. The van der Waals surface area contributed by atoms with E-state index in [1.165, 1.54) is 5.56 Å². The Morgan fingerprint density at radius 3 is 2.52 bits per heavy atom. The number of hydrogen-bond acceptors (Lipinski definition) is 5. The Labute approximate surface area is 183 Å². The molecule has 2 aliphatic rings. The van der Waals surface area contributed by atoms with Gasteiger partial charge in [-0.05, 0) is 37.9 Å². The van der Waals surface area contributed by atoms with Crippen LogP contribution in [0.15, 0.2) is 28.7 Å². The maximum atomic E-state index is 13.0. The summed E-state index contributed by atoms with van der Waals surface area (Å²) in [5.74, 6) is 0.737. The van der Waals surface area contributed by atoms with Gasteiger partial charge < -0.3 is 4.90 Å². The fourth-order valence-corrected chi connectivity index (χ4v) is 6.76. The summed E-state index contributed by atoms with van der Waals surface area (Å²) >= 11 is 3.64. The van der Waals surface area contributed by atoms with Crippen LogP contribution < -0.4 is 0 Å². The van der Waals surface area contributed by atoms with Crippen molar-refractivity contribution in [1.29, 1.82) is 0 Å². The van der Waals surface area contributed by atoms with Crippen LogP contribution in [0.4, 0.5) is 0 Å². The predicted octanol–water partition coefficient (Wildman–Crippen LogP) is 2.55. The monoisotopic (exact) mass is 485 g/mol. The molecule has 2 fully saturated rings. The second-order valence-electron chi connectivity index (χ2n) is 8.14. The Balaban J connectivity index is 1.56. The third-order valence-corrected chi connectivity index (χ3v) is 8.62. The van der Waals surface area contributed by atoms with E-state index in [0.717, 1.165) is 36.9 Å². The fourth-order valence-electron chi connectivity index (χ4n) is 4.38. The van der Waals surface area contributed by atoms with Crippen LogP contribution in [0, 0.1) is 0 Å². The molecule has 2 saturated heterocycles. The average molecular weight is 486 g/mol. The molecule has 8 heteroatoms. The Kier molecular flexibility index (Phi) is 7.75. The zero-order valence-electron chi connectivity index (χ0n) is 17.4. The lowest BCUT2D eigenvalue weighted by Gasteiger charge is -2.39. The van der Waals surface area contributed by atoms with Gasteiger partial charge in [0, 0.05) is 42.7 Å². The van der Waals surface area contributed by atoms with Crippen molar-refractivity contribution < 1.29 is 13.2 Å². The van der Waals surface area contributed by atoms with Crippen LogP contribution in [0.2, 0.25) is 0 Å². The first-order valence-electron chi connectivity index (χ1n) is 10.5.